The summed E-state index contributed by atoms with van der Waals surface area (Å²) in [6.45, 7) is 0. The SMILES string of the molecule is COc1ccc(-c2cc(Cl)nc(N)n2)c(Cl)c1. The molecule has 6 heteroatoms. The zero-order chi connectivity index (χ0) is 12.4. The van der Waals surface area contributed by atoms with E-state index in [4.69, 9.17) is 33.7 Å². The van der Waals surface area contributed by atoms with Crippen molar-refractivity contribution in [2.45, 2.75) is 0 Å². The number of nitrogen functional groups attached to an aromatic ring is 1. The Morgan fingerprint density at radius 3 is 2.53 bits per heavy atom. The van der Waals surface area contributed by atoms with Gasteiger partial charge in [-0.1, -0.05) is 23.2 Å². The fourth-order valence-electron chi connectivity index (χ4n) is 1.40. The molecule has 2 N–H and O–H groups in total. The van der Waals surface area contributed by atoms with E-state index in [1.54, 1.807) is 31.4 Å². The first kappa shape index (κ1) is 12.0. The lowest BCUT2D eigenvalue weighted by molar-refractivity contribution is 0.415. The summed E-state index contributed by atoms with van der Waals surface area (Å²) in [6.07, 6.45) is 0. The molecule has 0 radical (unpaired) electrons. The van der Waals surface area contributed by atoms with Gasteiger partial charge in [-0.25, -0.2) is 9.97 Å². The minimum absolute atomic E-state index is 0.111. The maximum atomic E-state index is 6.12. The number of methoxy groups -OCH3 is 1. The predicted octanol–water partition coefficient (Wildman–Crippen LogP) is 3.04. The van der Waals surface area contributed by atoms with Crippen molar-refractivity contribution in [2.24, 2.45) is 0 Å². The standard InChI is InChI=1S/C11H9Cl2N3O/c1-17-6-2-3-7(8(12)4-6)9-5-10(13)16-11(14)15-9/h2-5H,1H3,(H2,14,15,16). The Kier molecular flexibility index (Phi) is 3.36. The van der Waals surface area contributed by atoms with E-state index in [1.807, 2.05) is 0 Å². The van der Waals surface area contributed by atoms with Crippen molar-refractivity contribution in [2.75, 3.05) is 12.8 Å². The average Bonchev–Trinajstić information content (AvgIpc) is 2.27. The van der Waals surface area contributed by atoms with Crippen LogP contribution < -0.4 is 10.5 Å². The molecule has 4 nitrogen and oxygen atoms in total. The third-order valence-electron chi connectivity index (χ3n) is 2.16. The molecule has 0 saturated carbocycles. The van der Waals surface area contributed by atoms with E-state index in [0.717, 1.165) is 5.56 Å². The van der Waals surface area contributed by atoms with Gasteiger partial charge in [-0.3, -0.25) is 0 Å². The highest BCUT2D eigenvalue weighted by atomic mass is 35.5. The van der Waals surface area contributed by atoms with E-state index in [1.165, 1.54) is 0 Å². The second-order valence-electron chi connectivity index (χ2n) is 3.28. The van der Waals surface area contributed by atoms with Gasteiger partial charge in [0.1, 0.15) is 10.9 Å². The molecule has 2 rings (SSSR count). The van der Waals surface area contributed by atoms with Gasteiger partial charge in [-0.15, -0.1) is 0 Å². The maximum Gasteiger partial charge on any atom is 0.221 e. The van der Waals surface area contributed by atoms with Crippen LogP contribution in [-0.4, -0.2) is 17.1 Å². The molecule has 88 valence electrons. The van der Waals surface area contributed by atoms with Crippen molar-refractivity contribution in [3.8, 4) is 17.0 Å². The Morgan fingerprint density at radius 2 is 1.94 bits per heavy atom. The lowest BCUT2D eigenvalue weighted by Crippen LogP contribution is -1.97. The number of anilines is 1. The number of aromatic nitrogens is 2. The second kappa shape index (κ2) is 4.77. The number of halogens is 2. The maximum absolute atomic E-state index is 6.12. The van der Waals surface area contributed by atoms with Crippen molar-refractivity contribution >= 4 is 29.2 Å². The molecular weight excluding hydrogens is 261 g/mol. The number of hydrogen-bond acceptors (Lipinski definition) is 4. The van der Waals surface area contributed by atoms with Gasteiger partial charge in [0.05, 0.1) is 17.8 Å². The molecule has 0 saturated heterocycles. The van der Waals surface area contributed by atoms with Gasteiger partial charge in [-0.05, 0) is 18.2 Å². The van der Waals surface area contributed by atoms with Crippen molar-refractivity contribution in [3.63, 3.8) is 0 Å². The van der Waals surface area contributed by atoms with E-state index in [9.17, 15) is 0 Å². The van der Waals surface area contributed by atoms with Crippen LogP contribution in [0.3, 0.4) is 0 Å². The molecule has 0 aliphatic rings. The Balaban J connectivity index is 2.52. The summed E-state index contributed by atoms with van der Waals surface area (Å²) in [4.78, 5) is 7.87. The van der Waals surface area contributed by atoms with Gasteiger partial charge in [-0.2, -0.15) is 0 Å². The third kappa shape index (κ3) is 2.60. The number of rotatable bonds is 2. The van der Waals surface area contributed by atoms with Crippen LogP contribution in [0.15, 0.2) is 24.3 Å². The summed E-state index contributed by atoms with van der Waals surface area (Å²) in [6, 6.07) is 6.88. The summed E-state index contributed by atoms with van der Waals surface area (Å²) in [7, 11) is 1.57. The monoisotopic (exact) mass is 269 g/mol. The predicted molar refractivity (Wildman–Crippen MR) is 68.5 cm³/mol. The van der Waals surface area contributed by atoms with E-state index in [2.05, 4.69) is 9.97 Å². The van der Waals surface area contributed by atoms with Crippen molar-refractivity contribution in [1.82, 2.24) is 9.97 Å². The smallest absolute Gasteiger partial charge is 0.221 e. The van der Waals surface area contributed by atoms with Crippen LogP contribution >= 0.6 is 23.2 Å². The number of ether oxygens (including phenoxy) is 1. The number of nitrogens with two attached hydrogens (primary N) is 1. The first-order valence-corrected chi connectivity index (χ1v) is 5.49. The van der Waals surface area contributed by atoms with Gasteiger partial charge in [0, 0.05) is 11.6 Å². The van der Waals surface area contributed by atoms with Crippen molar-refractivity contribution in [3.05, 3.63) is 34.4 Å². The van der Waals surface area contributed by atoms with Gasteiger partial charge in [0.2, 0.25) is 5.95 Å². The van der Waals surface area contributed by atoms with E-state index >= 15 is 0 Å². The first-order chi connectivity index (χ1) is 8.10. The second-order valence-corrected chi connectivity index (χ2v) is 4.07. The molecule has 0 aliphatic heterocycles. The minimum atomic E-state index is 0.111. The highest BCUT2D eigenvalue weighted by molar-refractivity contribution is 6.33. The van der Waals surface area contributed by atoms with Gasteiger partial charge in [0.15, 0.2) is 0 Å². The quantitative estimate of drug-likeness (QED) is 0.852. The zero-order valence-corrected chi connectivity index (χ0v) is 10.5. The molecule has 0 amide bonds. The van der Waals surface area contributed by atoms with Gasteiger partial charge in [0.25, 0.3) is 0 Å². The molecule has 0 spiro atoms. The molecule has 0 bridgehead atoms. The minimum Gasteiger partial charge on any atom is -0.497 e. The largest absolute Gasteiger partial charge is 0.497 e. The molecule has 0 fully saturated rings. The molecule has 0 aliphatic carbocycles. The summed E-state index contributed by atoms with van der Waals surface area (Å²) in [5, 5.41) is 0.790. The third-order valence-corrected chi connectivity index (χ3v) is 2.67. The van der Waals surface area contributed by atoms with Crippen LogP contribution in [0.4, 0.5) is 5.95 Å². The molecule has 0 atom stereocenters. The highest BCUT2D eigenvalue weighted by Crippen LogP contribution is 2.31. The molecule has 17 heavy (non-hydrogen) atoms. The summed E-state index contributed by atoms with van der Waals surface area (Å²) in [5.74, 6) is 0.784. The van der Waals surface area contributed by atoms with Crippen LogP contribution in [0.25, 0.3) is 11.3 Å². The van der Waals surface area contributed by atoms with E-state index in [0.29, 0.717) is 16.5 Å². The fraction of sp³-hybridized carbons (Fsp3) is 0.0909. The van der Waals surface area contributed by atoms with Crippen LogP contribution in [0.5, 0.6) is 5.75 Å². The highest BCUT2D eigenvalue weighted by Gasteiger charge is 2.08. The Morgan fingerprint density at radius 1 is 1.18 bits per heavy atom. The summed E-state index contributed by atoms with van der Waals surface area (Å²) >= 11 is 11.9. The Bertz CT molecular complexity index is 540. The van der Waals surface area contributed by atoms with Crippen LogP contribution in [-0.2, 0) is 0 Å². The topological polar surface area (TPSA) is 61.0 Å². The van der Waals surface area contributed by atoms with Crippen LogP contribution in [0, 0.1) is 0 Å². The zero-order valence-electron chi connectivity index (χ0n) is 8.95. The Hall–Kier alpha value is -1.52. The fourth-order valence-corrected chi connectivity index (χ4v) is 1.86. The lowest BCUT2D eigenvalue weighted by Gasteiger charge is -2.06. The summed E-state index contributed by atoms with van der Waals surface area (Å²) in [5.41, 5.74) is 6.83. The van der Waals surface area contributed by atoms with Crippen LogP contribution in [0.2, 0.25) is 10.2 Å². The summed E-state index contributed by atoms with van der Waals surface area (Å²) < 4.78 is 5.07. The lowest BCUT2D eigenvalue weighted by atomic mass is 10.1. The molecule has 1 aromatic carbocycles. The molecule has 1 heterocycles. The van der Waals surface area contributed by atoms with Crippen molar-refractivity contribution in [1.29, 1.82) is 0 Å². The van der Waals surface area contributed by atoms with Crippen LogP contribution in [0.1, 0.15) is 0 Å². The number of nitrogens with zero attached hydrogens (tertiary/aromatic N) is 2. The van der Waals surface area contributed by atoms with Gasteiger partial charge < -0.3 is 10.5 Å². The Labute approximate surface area is 108 Å². The number of benzene rings is 1. The van der Waals surface area contributed by atoms with Crippen molar-refractivity contribution < 1.29 is 4.74 Å². The first-order valence-electron chi connectivity index (χ1n) is 4.74. The molecule has 1 aromatic heterocycles. The molecule has 2 aromatic rings. The van der Waals surface area contributed by atoms with E-state index in [-0.39, 0.29) is 11.1 Å². The van der Waals surface area contributed by atoms with Gasteiger partial charge >= 0.3 is 0 Å². The molecule has 0 unspecified atom stereocenters. The average molecular weight is 270 g/mol. The number of hydrogen-bond donors (Lipinski definition) is 1. The normalized spacial score (nSPS) is 10.3. The van der Waals surface area contributed by atoms with E-state index < -0.39 is 0 Å². The molecular formula is C11H9Cl2N3O.